The van der Waals surface area contributed by atoms with Crippen LogP contribution in [0.4, 0.5) is 0 Å². The van der Waals surface area contributed by atoms with Crippen LogP contribution in [0.2, 0.25) is 0 Å². The second-order valence-electron chi connectivity index (χ2n) is 11.0. The number of hydrogen-bond acceptors (Lipinski definition) is 5. The highest BCUT2D eigenvalue weighted by Crippen LogP contribution is 2.29. The van der Waals surface area contributed by atoms with E-state index in [1.165, 1.54) is 41.2 Å². The van der Waals surface area contributed by atoms with Gasteiger partial charge in [0.15, 0.2) is 0 Å². The first-order valence-corrected chi connectivity index (χ1v) is 14.1. The van der Waals surface area contributed by atoms with Gasteiger partial charge in [-0.3, -0.25) is 0 Å². The Balaban J connectivity index is 0.000000565. The zero-order valence-electron chi connectivity index (χ0n) is 24.0. The second kappa shape index (κ2) is 18.5. The Morgan fingerprint density at radius 1 is 1.21 bits per heavy atom. The topological polar surface area (TPSA) is 54.2 Å². The first-order valence-electron chi connectivity index (χ1n) is 13.3. The lowest BCUT2D eigenvalue weighted by Gasteiger charge is -2.27. The van der Waals surface area contributed by atoms with Crippen molar-refractivity contribution in [1.82, 2.24) is 15.2 Å². The van der Waals surface area contributed by atoms with Crippen molar-refractivity contribution in [1.29, 1.82) is 0 Å². The minimum atomic E-state index is 0. The molecule has 1 aliphatic rings. The summed E-state index contributed by atoms with van der Waals surface area (Å²) in [5.74, 6) is 0.858. The van der Waals surface area contributed by atoms with Gasteiger partial charge in [-0.05, 0) is 67.7 Å². The van der Waals surface area contributed by atoms with Gasteiger partial charge in [0.25, 0.3) is 0 Å². The summed E-state index contributed by atoms with van der Waals surface area (Å²) in [7, 11) is 0. The van der Waals surface area contributed by atoms with Crippen LogP contribution in [-0.2, 0) is 6.54 Å². The van der Waals surface area contributed by atoms with Crippen LogP contribution >= 0.6 is 11.3 Å². The lowest BCUT2D eigenvalue weighted by atomic mass is 9.90. The fraction of sp³-hybridized carbons (Fsp3) is 0.485. The predicted molar refractivity (Wildman–Crippen MR) is 172 cm³/mol. The minimum absolute atomic E-state index is 0. The van der Waals surface area contributed by atoms with Crippen LogP contribution in [0.3, 0.4) is 0 Å². The van der Waals surface area contributed by atoms with Gasteiger partial charge in [0.05, 0.1) is 16.1 Å². The SMILES string of the molecule is C.C=C(CC(C)(C)C)N1CCC(C)C1.C=CCCCC(=C)N.C=CNCc1ccc(-c2scnc2C)cc1. The van der Waals surface area contributed by atoms with Crippen molar-refractivity contribution >= 4 is 11.3 Å². The molecule has 1 atom stereocenters. The lowest BCUT2D eigenvalue weighted by Crippen LogP contribution is -2.22. The number of aryl methyl sites for hydroxylation is 1. The third-order valence-electron chi connectivity index (χ3n) is 5.92. The number of rotatable bonds is 10. The molecule has 0 radical (unpaired) electrons. The molecule has 1 saturated heterocycles. The van der Waals surface area contributed by atoms with E-state index in [2.05, 4.69) is 93.5 Å². The minimum Gasteiger partial charge on any atom is -0.403 e. The molecule has 1 aliphatic heterocycles. The summed E-state index contributed by atoms with van der Waals surface area (Å²) in [5.41, 5.74) is 13.3. The van der Waals surface area contributed by atoms with Crippen LogP contribution in [0.1, 0.15) is 78.5 Å². The van der Waals surface area contributed by atoms with Gasteiger partial charge in [-0.15, -0.1) is 17.9 Å². The summed E-state index contributed by atoms with van der Waals surface area (Å²) in [6.45, 7) is 29.4. The van der Waals surface area contributed by atoms with Crippen LogP contribution in [0, 0.1) is 18.3 Å². The van der Waals surface area contributed by atoms with Crippen LogP contribution in [-0.4, -0.2) is 23.0 Å². The van der Waals surface area contributed by atoms with Gasteiger partial charge < -0.3 is 16.0 Å². The van der Waals surface area contributed by atoms with E-state index in [4.69, 9.17) is 5.73 Å². The molecule has 1 unspecified atom stereocenters. The van der Waals surface area contributed by atoms with Gasteiger partial charge in [-0.1, -0.05) is 85.2 Å². The number of nitrogens with two attached hydrogens (primary N) is 1. The molecule has 0 bridgehead atoms. The normalized spacial score (nSPS) is 14.1. The number of aromatic nitrogens is 1. The van der Waals surface area contributed by atoms with Gasteiger partial charge in [0.1, 0.15) is 0 Å². The number of hydrogen-bond donors (Lipinski definition) is 2. The van der Waals surface area contributed by atoms with E-state index in [9.17, 15) is 0 Å². The third kappa shape index (κ3) is 14.8. The highest BCUT2D eigenvalue weighted by atomic mass is 32.1. The van der Waals surface area contributed by atoms with Gasteiger partial charge >= 0.3 is 0 Å². The molecule has 4 nitrogen and oxygen atoms in total. The van der Waals surface area contributed by atoms with Gasteiger partial charge in [-0.25, -0.2) is 4.98 Å². The molecule has 0 aliphatic carbocycles. The van der Waals surface area contributed by atoms with Crippen molar-refractivity contribution in [2.24, 2.45) is 17.1 Å². The summed E-state index contributed by atoms with van der Waals surface area (Å²) in [6, 6.07) is 8.54. The van der Waals surface area contributed by atoms with Crippen LogP contribution in [0.15, 0.2) is 79.8 Å². The van der Waals surface area contributed by atoms with E-state index >= 15 is 0 Å². The molecule has 0 spiro atoms. The van der Waals surface area contributed by atoms with E-state index in [0.717, 1.165) is 49.5 Å². The second-order valence-corrected chi connectivity index (χ2v) is 11.9. The summed E-state index contributed by atoms with van der Waals surface area (Å²) in [5, 5.41) is 3.08. The molecular formula is C33H54N4S. The Hall–Kier alpha value is -2.79. The number of nitrogens with one attached hydrogen (secondary N) is 1. The van der Waals surface area contributed by atoms with Crippen molar-refractivity contribution in [2.75, 3.05) is 13.1 Å². The first-order chi connectivity index (χ1) is 17.5. The molecule has 1 aromatic carbocycles. The fourth-order valence-corrected chi connectivity index (χ4v) is 4.77. The molecule has 0 amide bonds. The highest BCUT2D eigenvalue weighted by Gasteiger charge is 2.22. The monoisotopic (exact) mass is 538 g/mol. The Labute approximate surface area is 238 Å². The molecule has 38 heavy (non-hydrogen) atoms. The van der Waals surface area contributed by atoms with Crippen molar-refractivity contribution < 1.29 is 0 Å². The van der Waals surface area contributed by atoms with Gasteiger partial charge in [0.2, 0.25) is 0 Å². The Kier molecular flexibility index (Phi) is 17.1. The quantitative estimate of drug-likeness (QED) is 0.234. The van der Waals surface area contributed by atoms with E-state index in [1.807, 2.05) is 18.5 Å². The predicted octanol–water partition coefficient (Wildman–Crippen LogP) is 9.08. The molecule has 0 saturated carbocycles. The standard InChI is InChI=1S/C13H14N2S.C12H23N.C7H13N.CH4/c1-3-14-8-11-4-6-12(7-5-11)13-10(2)15-9-16-13;1-10-6-7-13(9-10)11(2)8-12(3,4)5;1-3-4-5-6-7(2)8;/h3-7,9,14H,1,8H2,2H3;10H,2,6-9H2,1,3-5H3;3H,1-2,4-6,8H2;1H4. The Morgan fingerprint density at radius 3 is 2.32 bits per heavy atom. The fourth-order valence-electron chi connectivity index (χ4n) is 3.96. The molecular weight excluding hydrogens is 484 g/mol. The highest BCUT2D eigenvalue weighted by molar-refractivity contribution is 7.13. The largest absolute Gasteiger partial charge is 0.403 e. The van der Waals surface area contributed by atoms with Crippen molar-refractivity contribution in [3.05, 3.63) is 91.0 Å². The Bertz CT molecular complexity index is 966. The zero-order chi connectivity index (χ0) is 27.8. The van der Waals surface area contributed by atoms with E-state index in [1.54, 1.807) is 17.5 Å². The number of benzene rings is 1. The number of unbranched alkanes of at least 4 members (excludes halogenated alkanes) is 1. The average molecular weight is 539 g/mol. The molecule has 2 heterocycles. The average Bonchev–Trinajstić information content (AvgIpc) is 3.46. The smallest absolute Gasteiger partial charge is 0.0801 e. The molecule has 212 valence electrons. The van der Waals surface area contributed by atoms with E-state index in [0.29, 0.717) is 5.41 Å². The van der Waals surface area contributed by atoms with Crippen LogP contribution in [0.25, 0.3) is 10.4 Å². The number of allylic oxidation sites excluding steroid dienone is 3. The summed E-state index contributed by atoms with van der Waals surface area (Å²) in [6.07, 6.45) is 9.11. The number of likely N-dealkylation sites (tertiary alicyclic amines) is 1. The Morgan fingerprint density at radius 2 is 1.87 bits per heavy atom. The molecule has 5 heteroatoms. The number of thiazole rings is 1. The molecule has 2 aromatic rings. The first kappa shape index (κ1) is 35.2. The molecule has 3 N–H and O–H groups in total. The van der Waals surface area contributed by atoms with Gasteiger partial charge in [0, 0.05) is 31.0 Å². The van der Waals surface area contributed by atoms with Crippen LogP contribution in [0.5, 0.6) is 0 Å². The number of nitrogens with zero attached hydrogens (tertiary/aromatic N) is 2. The maximum Gasteiger partial charge on any atom is 0.0801 e. The maximum absolute atomic E-state index is 5.30. The third-order valence-corrected chi connectivity index (χ3v) is 6.90. The molecule has 1 fully saturated rings. The van der Waals surface area contributed by atoms with E-state index in [-0.39, 0.29) is 7.43 Å². The lowest BCUT2D eigenvalue weighted by molar-refractivity contribution is 0.324. The summed E-state index contributed by atoms with van der Waals surface area (Å²) >= 11 is 1.68. The summed E-state index contributed by atoms with van der Waals surface area (Å²) < 4.78 is 0. The van der Waals surface area contributed by atoms with Gasteiger partial charge in [-0.2, -0.15) is 0 Å². The van der Waals surface area contributed by atoms with Crippen molar-refractivity contribution in [2.45, 2.75) is 80.7 Å². The molecule has 3 rings (SSSR count). The molecule has 1 aromatic heterocycles. The van der Waals surface area contributed by atoms with Crippen molar-refractivity contribution in [3.8, 4) is 10.4 Å². The maximum atomic E-state index is 5.30. The van der Waals surface area contributed by atoms with Crippen molar-refractivity contribution in [3.63, 3.8) is 0 Å². The zero-order valence-corrected chi connectivity index (χ0v) is 24.8. The summed E-state index contributed by atoms with van der Waals surface area (Å²) in [4.78, 5) is 7.97. The van der Waals surface area contributed by atoms with E-state index < -0.39 is 0 Å². The van der Waals surface area contributed by atoms with Crippen LogP contribution < -0.4 is 11.1 Å².